The first-order chi connectivity index (χ1) is 5.90. The lowest BCUT2D eigenvalue weighted by Gasteiger charge is -1.85. The van der Waals surface area contributed by atoms with Crippen molar-refractivity contribution in [2.75, 3.05) is 0 Å². The highest BCUT2D eigenvalue weighted by Crippen LogP contribution is 2.06. The summed E-state index contributed by atoms with van der Waals surface area (Å²) in [5.74, 6) is 0. The van der Waals surface area contributed by atoms with Crippen LogP contribution in [0.1, 0.15) is 0 Å². The van der Waals surface area contributed by atoms with Crippen LogP contribution in [0, 0.1) is 0 Å². The molecule has 0 unspecified atom stereocenters. The number of benzene rings is 1. The molecule has 2 aromatic rings. The van der Waals surface area contributed by atoms with Gasteiger partial charge in [-0.1, -0.05) is 12.1 Å². The van der Waals surface area contributed by atoms with Gasteiger partial charge in [0.1, 0.15) is 23.9 Å². The molecule has 0 amide bonds. The maximum absolute atomic E-state index is 10.2. The molecule has 0 saturated carbocycles. The zero-order valence-corrected chi connectivity index (χ0v) is 6.34. The Hall–Kier alpha value is -1.71. The van der Waals surface area contributed by atoms with E-state index in [9.17, 15) is 4.79 Å². The van der Waals surface area contributed by atoms with E-state index in [1.807, 2.05) is 24.3 Å². The van der Waals surface area contributed by atoms with Crippen molar-refractivity contribution in [3.8, 4) is 0 Å². The lowest BCUT2D eigenvalue weighted by Crippen LogP contribution is -2.02. The Morgan fingerprint density at radius 1 is 1.25 bits per heavy atom. The molecule has 1 heterocycles. The molecule has 4 heteroatoms. The minimum Gasteiger partial charge on any atom is -0.301 e. The van der Waals surface area contributed by atoms with Crippen LogP contribution in [0.25, 0.3) is 11.0 Å². The van der Waals surface area contributed by atoms with Crippen LogP contribution in [0.3, 0.4) is 0 Å². The third-order valence-electron chi connectivity index (χ3n) is 1.57. The summed E-state index contributed by atoms with van der Waals surface area (Å²) in [6, 6.07) is 7.51. The normalized spacial score (nSPS) is 10.3. The predicted octanol–water partition coefficient (Wildman–Crippen LogP) is 0.630. The van der Waals surface area contributed by atoms with E-state index >= 15 is 0 Å². The number of nitrogens with zero attached hydrogens (tertiary/aromatic N) is 3. The van der Waals surface area contributed by atoms with E-state index in [1.165, 1.54) is 4.80 Å². The Morgan fingerprint density at radius 3 is 2.33 bits per heavy atom. The fourth-order valence-electron chi connectivity index (χ4n) is 1.05. The van der Waals surface area contributed by atoms with Crippen molar-refractivity contribution in [1.29, 1.82) is 0 Å². The van der Waals surface area contributed by atoms with Gasteiger partial charge in [-0.2, -0.15) is 15.0 Å². The molecule has 0 aliphatic rings. The standard InChI is InChI=1S/C8H7N3O/c12-6-5-11-9-7-3-1-2-4-8(7)10-11/h1-4,6H,5H2. The van der Waals surface area contributed by atoms with Crippen molar-refractivity contribution in [3.05, 3.63) is 24.3 Å². The average molecular weight is 161 g/mol. The molecule has 1 aromatic heterocycles. The number of aldehydes is 1. The van der Waals surface area contributed by atoms with E-state index in [-0.39, 0.29) is 6.54 Å². The van der Waals surface area contributed by atoms with Gasteiger partial charge in [0.15, 0.2) is 0 Å². The smallest absolute Gasteiger partial charge is 0.143 e. The summed E-state index contributed by atoms with van der Waals surface area (Å²) in [6.07, 6.45) is 0.777. The van der Waals surface area contributed by atoms with Gasteiger partial charge in [-0.05, 0) is 12.1 Å². The number of hydrogen-bond acceptors (Lipinski definition) is 3. The molecular weight excluding hydrogens is 154 g/mol. The second-order valence-corrected chi connectivity index (χ2v) is 2.41. The van der Waals surface area contributed by atoms with Crippen LogP contribution in [0.4, 0.5) is 0 Å². The fourth-order valence-corrected chi connectivity index (χ4v) is 1.05. The number of carbonyl (C=O) groups excluding carboxylic acids is 1. The quantitative estimate of drug-likeness (QED) is 0.607. The van der Waals surface area contributed by atoms with E-state index in [0.717, 1.165) is 17.3 Å². The zero-order valence-electron chi connectivity index (χ0n) is 6.34. The van der Waals surface area contributed by atoms with E-state index in [4.69, 9.17) is 0 Å². The Kier molecular flexibility index (Phi) is 1.59. The van der Waals surface area contributed by atoms with Gasteiger partial charge in [0.2, 0.25) is 0 Å². The molecule has 0 atom stereocenters. The molecule has 0 saturated heterocycles. The largest absolute Gasteiger partial charge is 0.301 e. The van der Waals surface area contributed by atoms with Gasteiger partial charge < -0.3 is 4.79 Å². The molecule has 12 heavy (non-hydrogen) atoms. The third-order valence-corrected chi connectivity index (χ3v) is 1.57. The minimum atomic E-state index is 0.217. The van der Waals surface area contributed by atoms with Crippen LogP contribution >= 0.6 is 0 Å². The van der Waals surface area contributed by atoms with Crippen LogP contribution in [0.15, 0.2) is 24.3 Å². The molecule has 60 valence electrons. The lowest BCUT2D eigenvalue weighted by atomic mass is 10.3. The number of carbonyl (C=O) groups is 1. The summed E-state index contributed by atoms with van der Waals surface area (Å²) >= 11 is 0. The highest BCUT2D eigenvalue weighted by molar-refractivity contribution is 5.73. The summed E-state index contributed by atoms with van der Waals surface area (Å²) in [5, 5.41) is 8.15. The van der Waals surface area contributed by atoms with Crippen LogP contribution in [-0.4, -0.2) is 21.3 Å². The average Bonchev–Trinajstić information content (AvgIpc) is 2.47. The molecule has 0 spiro atoms. The SMILES string of the molecule is O=CCn1nc2ccccc2n1. The van der Waals surface area contributed by atoms with Gasteiger partial charge in [-0.25, -0.2) is 0 Å². The summed E-state index contributed by atoms with van der Waals surface area (Å²) < 4.78 is 0. The van der Waals surface area contributed by atoms with Gasteiger partial charge in [-0.3, -0.25) is 0 Å². The molecule has 4 nitrogen and oxygen atoms in total. The first-order valence-electron chi connectivity index (χ1n) is 3.63. The molecular formula is C8H7N3O. The molecule has 0 aliphatic carbocycles. The van der Waals surface area contributed by atoms with Crippen LogP contribution in [-0.2, 0) is 11.3 Å². The van der Waals surface area contributed by atoms with Crippen LogP contribution in [0.5, 0.6) is 0 Å². The van der Waals surface area contributed by atoms with Gasteiger partial charge in [-0.15, -0.1) is 0 Å². The molecule has 0 aliphatic heterocycles. The predicted molar refractivity (Wildman–Crippen MR) is 43.6 cm³/mol. The molecule has 1 aromatic carbocycles. The van der Waals surface area contributed by atoms with E-state index in [1.54, 1.807) is 0 Å². The van der Waals surface area contributed by atoms with Crippen molar-refractivity contribution < 1.29 is 4.79 Å². The molecule has 0 radical (unpaired) electrons. The molecule has 0 bridgehead atoms. The van der Waals surface area contributed by atoms with E-state index < -0.39 is 0 Å². The van der Waals surface area contributed by atoms with Crippen LogP contribution in [0.2, 0.25) is 0 Å². The van der Waals surface area contributed by atoms with Crippen molar-refractivity contribution in [2.24, 2.45) is 0 Å². The van der Waals surface area contributed by atoms with Gasteiger partial charge in [0.05, 0.1) is 0 Å². The summed E-state index contributed by atoms with van der Waals surface area (Å²) in [6.45, 7) is 0.217. The summed E-state index contributed by atoms with van der Waals surface area (Å²) in [5.41, 5.74) is 1.64. The fraction of sp³-hybridized carbons (Fsp3) is 0.125. The van der Waals surface area contributed by atoms with Crippen molar-refractivity contribution in [3.63, 3.8) is 0 Å². The molecule has 0 N–H and O–H groups in total. The Balaban J connectivity index is 2.54. The Bertz CT molecular complexity index is 374. The summed E-state index contributed by atoms with van der Waals surface area (Å²) in [4.78, 5) is 11.5. The zero-order chi connectivity index (χ0) is 8.39. The monoisotopic (exact) mass is 161 g/mol. The van der Waals surface area contributed by atoms with Crippen LogP contribution < -0.4 is 0 Å². The highest BCUT2D eigenvalue weighted by Gasteiger charge is 1.98. The molecule has 2 rings (SSSR count). The third kappa shape index (κ3) is 1.07. The van der Waals surface area contributed by atoms with E-state index in [2.05, 4.69) is 10.2 Å². The first kappa shape index (κ1) is 6.97. The second kappa shape index (κ2) is 2.73. The minimum absolute atomic E-state index is 0.217. The number of hydrogen-bond donors (Lipinski definition) is 0. The Labute approximate surface area is 68.8 Å². The summed E-state index contributed by atoms with van der Waals surface area (Å²) in [7, 11) is 0. The maximum Gasteiger partial charge on any atom is 0.143 e. The Morgan fingerprint density at radius 2 is 1.83 bits per heavy atom. The van der Waals surface area contributed by atoms with Gasteiger partial charge in [0, 0.05) is 0 Å². The van der Waals surface area contributed by atoms with Crippen molar-refractivity contribution in [1.82, 2.24) is 15.0 Å². The van der Waals surface area contributed by atoms with Crippen molar-refractivity contribution >= 4 is 17.3 Å². The first-order valence-corrected chi connectivity index (χ1v) is 3.63. The van der Waals surface area contributed by atoms with Gasteiger partial charge in [0.25, 0.3) is 0 Å². The van der Waals surface area contributed by atoms with E-state index in [0.29, 0.717) is 0 Å². The topological polar surface area (TPSA) is 47.8 Å². The molecule has 0 fully saturated rings. The number of aromatic nitrogens is 3. The number of rotatable bonds is 2. The maximum atomic E-state index is 10.2. The second-order valence-electron chi connectivity index (χ2n) is 2.41. The number of fused-ring (bicyclic) bond motifs is 1. The highest BCUT2D eigenvalue weighted by atomic mass is 16.1. The van der Waals surface area contributed by atoms with Gasteiger partial charge >= 0.3 is 0 Å². The van der Waals surface area contributed by atoms with Crippen molar-refractivity contribution in [2.45, 2.75) is 6.54 Å². The lowest BCUT2D eigenvalue weighted by molar-refractivity contribution is -0.108.